The Hall–Kier alpha value is -1.14. The van der Waals surface area contributed by atoms with E-state index in [2.05, 4.69) is 13.8 Å². The summed E-state index contributed by atoms with van der Waals surface area (Å²) in [5.41, 5.74) is -0.481. The van der Waals surface area contributed by atoms with Gasteiger partial charge in [0.05, 0.1) is 18.8 Å². The van der Waals surface area contributed by atoms with Crippen LogP contribution < -0.4 is 0 Å². The highest BCUT2D eigenvalue weighted by atomic mass is 16.7. The molecule has 0 aromatic heterocycles. The Morgan fingerprint density at radius 3 is 2.46 bits per heavy atom. The van der Waals surface area contributed by atoms with Crippen LogP contribution in [0.15, 0.2) is 0 Å². The molecule has 0 bridgehead atoms. The number of hydrogen-bond donors (Lipinski definition) is 6. The molecule has 37 heavy (non-hydrogen) atoms. The molecule has 6 N–H and O–H groups in total. The fourth-order valence-corrected chi connectivity index (χ4v) is 9.31. The second kappa shape index (κ2) is 9.80. The van der Waals surface area contributed by atoms with Crippen molar-refractivity contribution in [2.45, 2.75) is 108 Å². The Bertz CT molecular complexity index is 896. The van der Waals surface area contributed by atoms with Gasteiger partial charge in [0.15, 0.2) is 12.4 Å². The molecule has 0 radical (unpaired) electrons. The van der Waals surface area contributed by atoms with Crippen molar-refractivity contribution in [2.75, 3.05) is 6.61 Å². The van der Waals surface area contributed by atoms with E-state index in [0.717, 1.165) is 32.1 Å². The average Bonchev–Trinajstić information content (AvgIpc) is 3.19. The van der Waals surface area contributed by atoms with Gasteiger partial charge in [0.2, 0.25) is 0 Å². The van der Waals surface area contributed by atoms with Gasteiger partial charge in [-0.05, 0) is 79.4 Å². The number of aliphatic hydroxyl groups is 5. The van der Waals surface area contributed by atoms with Gasteiger partial charge in [0.1, 0.15) is 24.1 Å². The summed E-state index contributed by atoms with van der Waals surface area (Å²) in [4.78, 5) is 25.2. The minimum absolute atomic E-state index is 0.0554. The van der Waals surface area contributed by atoms with Gasteiger partial charge < -0.3 is 40.1 Å². The molecular weight excluding hydrogens is 484 g/mol. The molecule has 0 amide bonds. The van der Waals surface area contributed by atoms with Crippen LogP contribution in [0.3, 0.4) is 0 Å². The van der Waals surface area contributed by atoms with E-state index >= 15 is 0 Å². The third-order valence-electron chi connectivity index (χ3n) is 11.2. The minimum Gasteiger partial charge on any atom is -0.479 e. The molecule has 1 heterocycles. The largest absolute Gasteiger partial charge is 0.479 e. The molecule has 4 aliphatic carbocycles. The smallest absolute Gasteiger partial charge is 0.335 e. The number of carboxylic acids is 1. The normalized spacial score (nSPS) is 52.6. The van der Waals surface area contributed by atoms with Gasteiger partial charge in [0.25, 0.3) is 0 Å². The number of carbonyl (C=O) groups is 2. The molecule has 210 valence electrons. The Labute approximate surface area is 217 Å². The predicted octanol–water partition coefficient (Wildman–Crippen LogP) is 0.455. The molecule has 0 unspecified atom stereocenters. The van der Waals surface area contributed by atoms with Gasteiger partial charge in [-0.3, -0.25) is 4.79 Å². The lowest BCUT2D eigenvalue weighted by molar-refractivity contribution is -0.309. The number of rotatable bonds is 5. The third kappa shape index (κ3) is 4.27. The number of fused-ring (bicyclic) bond motifs is 5. The number of Topliss-reactive ketones (excluding diaryl/α,β-unsaturated/α-hetero) is 1. The van der Waals surface area contributed by atoms with Crippen molar-refractivity contribution in [1.82, 2.24) is 0 Å². The summed E-state index contributed by atoms with van der Waals surface area (Å²) in [6.07, 6.45) is -3.13. The molecule has 1 saturated heterocycles. The van der Waals surface area contributed by atoms with Gasteiger partial charge >= 0.3 is 5.97 Å². The van der Waals surface area contributed by atoms with E-state index < -0.39 is 42.8 Å². The maximum atomic E-state index is 13.8. The lowest BCUT2D eigenvalue weighted by Crippen LogP contribution is -2.61. The number of aliphatic hydroxyl groups excluding tert-OH is 5. The summed E-state index contributed by atoms with van der Waals surface area (Å²) in [5.74, 6) is -0.470. The van der Waals surface area contributed by atoms with E-state index in [1.807, 2.05) is 0 Å². The zero-order valence-electron chi connectivity index (χ0n) is 21.6. The quantitative estimate of drug-likeness (QED) is 0.276. The second-order valence-corrected chi connectivity index (χ2v) is 12.9. The van der Waals surface area contributed by atoms with E-state index in [4.69, 9.17) is 9.47 Å². The number of ketones is 1. The summed E-state index contributed by atoms with van der Waals surface area (Å²) >= 11 is 0. The summed E-state index contributed by atoms with van der Waals surface area (Å²) < 4.78 is 11.3. The van der Waals surface area contributed by atoms with Crippen molar-refractivity contribution in [3.63, 3.8) is 0 Å². The molecule has 4 saturated carbocycles. The monoisotopic (exact) mass is 526 g/mol. The van der Waals surface area contributed by atoms with Crippen LogP contribution in [0.1, 0.15) is 65.2 Å². The highest BCUT2D eigenvalue weighted by Crippen LogP contribution is 2.67. The first-order valence-corrected chi connectivity index (χ1v) is 13.8. The summed E-state index contributed by atoms with van der Waals surface area (Å²) in [7, 11) is 0. The van der Waals surface area contributed by atoms with E-state index in [-0.39, 0.29) is 53.0 Å². The van der Waals surface area contributed by atoms with Crippen LogP contribution in [0.5, 0.6) is 0 Å². The first kappa shape index (κ1) is 27.4. The van der Waals surface area contributed by atoms with Gasteiger partial charge in [-0.15, -0.1) is 0 Å². The lowest BCUT2D eigenvalue weighted by Gasteiger charge is -2.60. The fourth-order valence-electron chi connectivity index (χ4n) is 9.31. The Morgan fingerprint density at radius 2 is 1.78 bits per heavy atom. The molecule has 10 nitrogen and oxygen atoms in total. The Morgan fingerprint density at radius 1 is 1.05 bits per heavy atom. The van der Waals surface area contributed by atoms with Crippen LogP contribution in [-0.4, -0.2) is 91.9 Å². The number of ether oxygens (including phenoxy) is 2. The van der Waals surface area contributed by atoms with Crippen molar-refractivity contribution < 1.29 is 49.7 Å². The van der Waals surface area contributed by atoms with Gasteiger partial charge in [-0.1, -0.05) is 13.8 Å². The lowest BCUT2D eigenvalue weighted by atomic mass is 9.44. The Kier molecular flexibility index (Phi) is 7.26. The van der Waals surface area contributed by atoms with Crippen LogP contribution in [0.4, 0.5) is 0 Å². The first-order valence-electron chi connectivity index (χ1n) is 13.8. The van der Waals surface area contributed by atoms with Crippen LogP contribution in [0.2, 0.25) is 0 Å². The van der Waals surface area contributed by atoms with E-state index in [9.17, 15) is 40.2 Å². The van der Waals surface area contributed by atoms with Gasteiger partial charge in [-0.2, -0.15) is 0 Å². The van der Waals surface area contributed by atoms with Crippen molar-refractivity contribution in [2.24, 2.45) is 40.4 Å². The van der Waals surface area contributed by atoms with Crippen LogP contribution in [-0.2, 0) is 19.1 Å². The molecule has 0 aromatic carbocycles. The molecular formula is C27H42O10. The Balaban J connectivity index is 1.29. The number of hydrogen-bond acceptors (Lipinski definition) is 9. The van der Waals surface area contributed by atoms with Crippen molar-refractivity contribution in [3.05, 3.63) is 0 Å². The van der Waals surface area contributed by atoms with Crippen LogP contribution in [0, 0.1) is 40.4 Å². The molecule has 10 heteroatoms. The first-order chi connectivity index (χ1) is 17.4. The van der Waals surface area contributed by atoms with E-state index in [0.29, 0.717) is 25.2 Å². The average molecular weight is 527 g/mol. The predicted molar refractivity (Wildman–Crippen MR) is 128 cm³/mol. The molecule has 5 fully saturated rings. The summed E-state index contributed by atoms with van der Waals surface area (Å²) in [5, 5.41) is 59.8. The maximum absolute atomic E-state index is 13.8. The van der Waals surface area contributed by atoms with E-state index in [1.165, 1.54) is 0 Å². The van der Waals surface area contributed by atoms with Crippen LogP contribution in [0.25, 0.3) is 0 Å². The molecule has 0 spiro atoms. The summed E-state index contributed by atoms with van der Waals surface area (Å²) in [6, 6.07) is 0. The zero-order valence-corrected chi connectivity index (χ0v) is 21.6. The number of aliphatic carboxylic acids is 1. The zero-order chi connectivity index (χ0) is 26.9. The van der Waals surface area contributed by atoms with E-state index in [1.54, 1.807) is 0 Å². The van der Waals surface area contributed by atoms with Gasteiger partial charge in [0, 0.05) is 12.3 Å². The van der Waals surface area contributed by atoms with Crippen molar-refractivity contribution in [3.8, 4) is 0 Å². The van der Waals surface area contributed by atoms with Crippen molar-refractivity contribution >= 4 is 11.8 Å². The molecule has 5 aliphatic rings. The minimum atomic E-state index is -1.76. The SMILES string of the molecule is C[C@]12CC[C@@H](O[C@@H]3O[C@@H](C(=O)O)[C@@H](O)[C@H](O)[C@H]3O)C[C@@H]1CC[C@H]1[C@@H]3CC[C@H]([C@H](O)CO)[C@@]3(C)CC(=O)[C@@H]12. The third-order valence-corrected chi connectivity index (χ3v) is 11.2. The van der Waals surface area contributed by atoms with Crippen LogP contribution >= 0.6 is 0 Å². The topological polar surface area (TPSA) is 174 Å². The molecule has 0 aromatic rings. The second-order valence-electron chi connectivity index (χ2n) is 12.9. The molecule has 5 rings (SSSR count). The van der Waals surface area contributed by atoms with Crippen molar-refractivity contribution in [1.29, 1.82) is 0 Å². The molecule has 1 aliphatic heterocycles. The number of carbonyl (C=O) groups excluding carboxylic acids is 1. The molecule has 14 atom stereocenters. The number of carboxylic acid groups (broad SMARTS) is 1. The standard InChI is InChI=1S/C27H42O10/c1-26-8-7-13(36-25-22(33)20(31)21(32)23(37-25)24(34)35)9-12(26)3-4-14-15-5-6-16(18(30)11-28)27(15,2)10-17(29)19(14)26/h12-16,18-23,25,28,30-33H,3-11H2,1-2H3,(H,34,35)/t12-,13+,14-,15-,16+,18+,19+,20-,21-,22+,23+,25+,26-,27-/m0/s1. The summed E-state index contributed by atoms with van der Waals surface area (Å²) in [6.45, 7) is 4.07. The highest BCUT2D eigenvalue weighted by Gasteiger charge is 2.64. The van der Waals surface area contributed by atoms with Gasteiger partial charge in [-0.25, -0.2) is 4.79 Å². The fraction of sp³-hybridized carbons (Fsp3) is 0.926. The highest BCUT2D eigenvalue weighted by molar-refractivity contribution is 5.84. The maximum Gasteiger partial charge on any atom is 0.335 e.